The van der Waals surface area contributed by atoms with Crippen molar-refractivity contribution in [3.63, 3.8) is 0 Å². The van der Waals surface area contributed by atoms with Crippen LogP contribution < -0.4 is 14.2 Å². The lowest BCUT2D eigenvalue weighted by atomic mass is 10.0. The number of carbonyl (C=O) groups excluding carboxylic acids is 4. The lowest BCUT2D eigenvalue weighted by Gasteiger charge is -2.14. The molecule has 0 atom stereocenters. The summed E-state index contributed by atoms with van der Waals surface area (Å²) in [5.74, 6) is 0.0795. The zero-order valence-corrected chi connectivity index (χ0v) is 22.5. The van der Waals surface area contributed by atoms with Gasteiger partial charge >= 0.3 is 11.9 Å². The highest BCUT2D eigenvalue weighted by molar-refractivity contribution is 6.12. The first-order valence-electron chi connectivity index (χ1n) is 13.0. The minimum absolute atomic E-state index is 0.0778. The number of imide groups is 1. The smallest absolute Gasteiger partial charge is 0.343 e. The molecule has 3 aromatic rings. The zero-order chi connectivity index (χ0) is 29.2. The van der Waals surface area contributed by atoms with Gasteiger partial charge in [0.2, 0.25) is 0 Å². The monoisotopic (exact) mass is 555 g/mol. The van der Waals surface area contributed by atoms with Crippen LogP contribution in [0.1, 0.15) is 28.8 Å². The minimum Gasteiger partial charge on any atom is -0.494 e. The number of esters is 2. The van der Waals surface area contributed by atoms with Crippen LogP contribution in [0.5, 0.6) is 17.2 Å². The summed E-state index contributed by atoms with van der Waals surface area (Å²) in [6.07, 6.45) is 4.22. The highest BCUT2D eigenvalue weighted by atomic mass is 16.5. The maximum absolute atomic E-state index is 12.6. The molecule has 4 rings (SSSR count). The van der Waals surface area contributed by atoms with Gasteiger partial charge in [-0.2, -0.15) is 0 Å². The van der Waals surface area contributed by atoms with Crippen LogP contribution in [-0.4, -0.2) is 48.4 Å². The van der Waals surface area contributed by atoms with Crippen molar-refractivity contribution < 1.29 is 38.1 Å². The Morgan fingerprint density at radius 2 is 1.44 bits per heavy atom. The second-order valence-electron chi connectivity index (χ2n) is 9.03. The molecule has 3 aromatic carbocycles. The molecular formula is C32H29NO8. The van der Waals surface area contributed by atoms with Crippen LogP contribution >= 0.6 is 0 Å². The summed E-state index contributed by atoms with van der Waals surface area (Å²) >= 11 is 0. The van der Waals surface area contributed by atoms with E-state index < -0.39 is 11.9 Å². The molecule has 0 bridgehead atoms. The van der Waals surface area contributed by atoms with Gasteiger partial charge in [0.15, 0.2) is 0 Å². The van der Waals surface area contributed by atoms with E-state index in [4.69, 9.17) is 14.2 Å². The van der Waals surface area contributed by atoms with E-state index in [0.717, 1.165) is 23.0 Å². The van der Waals surface area contributed by atoms with E-state index in [1.165, 1.54) is 17.1 Å². The van der Waals surface area contributed by atoms with E-state index in [2.05, 4.69) is 11.3 Å². The van der Waals surface area contributed by atoms with Gasteiger partial charge in [-0.3, -0.25) is 19.3 Å². The summed E-state index contributed by atoms with van der Waals surface area (Å²) in [7, 11) is 0. The highest BCUT2D eigenvalue weighted by Gasteiger charge is 2.22. The van der Waals surface area contributed by atoms with Crippen molar-refractivity contribution in [1.82, 2.24) is 4.90 Å². The number of amides is 2. The molecule has 2 amide bonds. The summed E-state index contributed by atoms with van der Waals surface area (Å²) in [6.45, 7) is 6.08. The predicted octanol–water partition coefficient (Wildman–Crippen LogP) is 5.03. The molecule has 0 saturated carbocycles. The molecular weight excluding hydrogens is 526 g/mol. The second-order valence-corrected chi connectivity index (χ2v) is 9.03. The quantitative estimate of drug-likeness (QED) is 0.0950. The normalized spacial score (nSPS) is 12.3. The predicted molar refractivity (Wildman–Crippen MR) is 150 cm³/mol. The Bertz CT molecular complexity index is 1440. The Morgan fingerprint density at radius 1 is 0.829 bits per heavy atom. The van der Waals surface area contributed by atoms with Gasteiger partial charge in [0.1, 0.15) is 17.2 Å². The van der Waals surface area contributed by atoms with Crippen LogP contribution in [-0.2, 0) is 19.1 Å². The Hall–Kier alpha value is -5.18. The lowest BCUT2D eigenvalue weighted by Crippen LogP contribution is -2.31. The average Bonchev–Trinajstić information content (AvgIpc) is 3.28. The standard InChI is InChI=1S/C32H29NO8/c1-3-38-31(36)17-20-40-26-11-7-24(8-12-26)32(37)41-27-13-14-28(22(2)21-27)23-5-9-25(10-6-23)39-19-4-18-33-29(34)15-16-30(33)35/h3,5-16,21H,1,4,17-20H2,2H3. The van der Waals surface area contributed by atoms with Crippen LogP contribution in [0.2, 0.25) is 0 Å². The lowest BCUT2D eigenvalue weighted by molar-refractivity contribution is -0.139. The maximum Gasteiger partial charge on any atom is 0.343 e. The van der Waals surface area contributed by atoms with Gasteiger partial charge in [0.05, 0.1) is 31.5 Å². The van der Waals surface area contributed by atoms with Crippen LogP contribution in [0.3, 0.4) is 0 Å². The van der Waals surface area contributed by atoms with E-state index >= 15 is 0 Å². The van der Waals surface area contributed by atoms with Crippen molar-refractivity contribution in [2.45, 2.75) is 19.8 Å². The molecule has 1 heterocycles. The Morgan fingerprint density at radius 3 is 2.07 bits per heavy atom. The van der Waals surface area contributed by atoms with Crippen molar-refractivity contribution in [1.29, 1.82) is 0 Å². The molecule has 9 nitrogen and oxygen atoms in total. The third-order valence-electron chi connectivity index (χ3n) is 6.15. The molecule has 0 fully saturated rings. The third kappa shape index (κ3) is 7.92. The van der Waals surface area contributed by atoms with E-state index in [1.54, 1.807) is 36.4 Å². The largest absolute Gasteiger partial charge is 0.494 e. The van der Waals surface area contributed by atoms with Gasteiger partial charge < -0.3 is 18.9 Å². The van der Waals surface area contributed by atoms with E-state index in [1.807, 2.05) is 37.3 Å². The van der Waals surface area contributed by atoms with Crippen LogP contribution in [0.25, 0.3) is 11.1 Å². The summed E-state index contributed by atoms with van der Waals surface area (Å²) in [4.78, 5) is 48.3. The fourth-order valence-corrected chi connectivity index (χ4v) is 4.08. The highest BCUT2D eigenvalue weighted by Crippen LogP contribution is 2.29. The van der Waals surface area contributed by atoms with E-state index in [0.29, 0.717) is 42.4 Å². The number of carbonyl (C=O) groups is 4. The molecule has 0 aromatic heterocycles. The number of hydrogen-bond donors (Lipinski definition) is 0. The van der Waals surface area contributed by atoms with E-state index in [9.17, 15) is 19.2 Å². The number of rotatable bonds is 13. The molecule has 1 aliphatic heterocycles. The van der Waals surface area contributed by atoms with Gasteiger partial charge in [-0.1, -0.05) is 24.8 Å². The average molecular weight is 556 g/mol. The molecule has 210 valence electrons. The SMILES string of the molecule is C=COC(=O)CCOc1ccc(C(=O)Oc2ccc(-c3ccc(OCCCN4C(=O)C=CC4=O)cc3)c(C)c2)cc1. The van der Waals surface area contributed by atoms with Gasteiger partial charge in [-0.15, -0.1) is 0 Å². The number of aryl methyl sites for hydroxylation is 1. The molecule has 0 radical (unpaired) electrons. The molecule has 1 aliphatic rings. The molecule has 0 aliphatic carbocycles. The topological polar surface area (TPSA) is 108 Å². The van der Waals surface area contributed by atoms with Gasteiger partial charge in [-0.25, -0.2) is 4.79 Å². The molecule has 41 heavy (non-hydrogen) atoms. The summed E-state index contributed by atoms with van der Waals surface area (Å²) in [5.41, 5.74) is 3.24. The molecule has 0 unspecified atom stereocenters. The number of benzene rings is 3. The molecule has 0 spiro atoms. The molecule has 9 heteroatoms. The zero-order valence-electron chi connectivity index (χ0n) is 22.5. The first-order valence-corrected chi connectivity index (χ1v) is 13.0. The Kier molecular flexibility index (Phi) is 9.66. The fraction of sp³-hybridized carbons (Fsp3) is 0.188. The van der Waals surface area contributed by atoms with Crippen molar-refractivity contribution in [3.8, 4) is 28.4 Å². The summed E-state index contributed by atoms with van der Waals surface area (Å²) in [5, 5.41) is 0. The van der Waals surface area contributed by atoms with Crippen molar-refractivity contribution >= 4 is 23.8 Å². The second kappa shape index (κ2) is 13.7. The first kappa shape index (κ1) is 28.8. The third-order valence-corrected chi connectivity index (χ3v) is 6.15. The Balaban J connectivity index is 1.26. The first-order chi connectivity index (χ1) is 19.8. The Labute approximate surface area is 237 Å². The number of nitrogens with zero attached hydrogens (tertiary/aromatic N) is 1. The number of ether oxygens (including phenoxy) is 4. The maximum atomic E-state index is 12.6. The van der Waals surface area contributed by atoms with Crippen molar-refractivity contribution in [3.05, 3.63) is 103 Å². The van der Waals surface area contributed by atoms with Crippen molar-refractivity contribution in [2.75, 3.05) is 19.8 Å². The van der Waals surface area contributed by atoms with Crippen LogP contribution in [0, 0.1) is 6.92 Å². The van der Waals surface area contributed by atoms with Gasteiger partial charge in [0, 0.05) is 18.7 Å². The van der Waals surface area contributed by atoms with E-state index in [-0.39, 0.29) is 24.8 Å². The molecule has 0 saturated heterocycles. The van der Waals surface area contributed by atoms with Crippen molar-refractivity contribution in [2.24, 2.45) is 0 Å². The van der Waals surface area contributed by atoms with Crippen LogP contribution in [0.4, 0.5) is 0 Å². The molecule has 0 N–H and O–H groups in total. The summed E-state index contributed by atoms with van der Waals surface area (Å²) in [6, 6.07) is 19.5. The van der Waals surface area contributed by atoms with Gasteiger partial charge in [0.25, 0.3) is 11.8 Å². The van der Waals surface area contributed by atoms with Gasteiger partial charge in [-0.05, 0) is 78.6 Å². The van der Waals surface area contributed by atoms with Crippen LogP contribution in [0.15, 0.2) is 91.7 Å². The fourth-order valence-electron chi connectivity index (χ4n) is 4.08. The summed E-state index contributed by atoms with van der Waals surface area (Å²) < 4.78 is 21.4. The minimum atomic E-state index is -0.505. The number of hydrogen-bond acceptors (Lipinski definition) is 8.